The van der Waals surface area contributed by atoms with Crippen molar-refractivity contribution in [1.29, 1.82) is 0 Å². The normalized spacial score (nSPS) is 13.2. The van der Waals surface area contributed by atoms with Crippen LogP contribution < -0.4 is 5.32 Å². The van der Waals surface area contributed by atoms with Gasteiger partial charge in [0.25, 0.3) is 0 Å². The van der Waals surface area contributed by atoms with Crippen LogP contribution in [0.2, 0.25) is 0 Å². The topological polar surface area (TPSA) is 78.6 Å². The predicted octanol–water partition coefficient (Wildman–Crippen LogP) is 1.82. The molecule has 0 aliphatic heterocycles. The third-order valence-corrected chi connectivity index (χ3v) is 2.73. The summed E-state index contributed by atoms with van der Waals surface area (Å²) in [5.74, 6) is 1.08. The number of anilines is 1. The summed E-state index contributed by atoms with van der Waals surface area (Å²) in [6.07, 6.45) is 0. The molecule has 1 aromatic heterocycles. The lowest BCUT2D eigenvalue weighted by Gasteiger charge is -2.22. The van der Waals surface area contributed by atoms with Crippen molar-refractivity contribution >= 4 is 11.8 Å². The summed E-state index contributed by atoms with van der Waals surface area (Å²) < 4.78 is 5.16. The Kier molecular flexibility index (Phi) is 4.34. The SMILES string of the molecule is CC(CO)N(C)C(=O)Nc1cc(C(C)(C)C)on1. The van der Waals surface area contributed by atoms with Gasteiger partial charge in [-0.1, -0.05) is 25.9 Å². The fraction of sp³-hybridized carbons (Fsp3) is 0.667. The van der Waals surface area contributed by atoms with E-state index in [4.69, 9.17) is 9.63 Å². The van der Waals surface area contributed by atoms with Crippen LogP contribution in [0.5, 0.6) is 0 Å². The molecule has 0 aromatic carbocycles. The summed E-state index contributed by atoms with van der Waals surface area (Å²) in [5.41, 5.74) is -0.153. The first-order chi connectivity index (χ1) is 8.25. The van der Waals surface area contributed by atoms with Gasteiger partial charge in [-0.15, -0.1) is 0 Å². The number of carbonyl (C=O) groups is 1. The molecule has 0 saturated heterocycles. The highest BCUT2D eigenvalue weighted by Gasteiger charge is 2.21. The highest BCUT2D eigenvalue weighted by Crippen LogP contribution is 2.24. The Labute approximate surface area is 107 Å². The quantitative estimate of drug-likeness (QED) is 0.863. The molecule has 1 heterocycles. The standard InChI is InChI=1S/C12H21N3O3/c1-8(7-16)15(5)11(17)13-10-6-9(18-14-10)12(2,3)4/h6,8,16H,7H2,1-5H3,(H,13,14,17). The Hall–Kier alpha value is -1.56. The molecule has 0 saturated carbocycles. The molecular formula is C12H21N3O3. The second kappa shape index (κ2) is 5.39. The highest BCUT2D eigenvalue weighted by molar-refractivity contribution is 5.88. The Morgan fingerprint density at radius 1 is 1.61 bits per heavy atom. The van der Waals surface area contributed by atoms with E-state index in [2.05, 4.69) is 10.5 Å². The zero-order valence-corrected chi connectivity index (χ0v) is 11.5. The summed E-state index contributed by atoms with van der Waals surface area (Å²) in [7, 11) is 1.61. The van der Waals surface area contributed by atoms with E-state index in [0.29, 0.717) is 11.6 Å². The molecule has 18 heavy (non-hydrogen) atoms. The molecule has 1 aromatic rings. The monoisotopic (exact) mass is 255 g/mol. The Balaban J connectivity index is 2.68. The molecule has 0 aliphatic carbocycles. The predicted molar refractivity (Wildman–Crippen MR) is 68.5 cm³/mol. The minimum Gasteiger partial charge on any atom is -0.394 e. The molecule has 2 N–H and O–H groups in total. The second-order valence-electron chi connectivity index (χ2n) is 5.40. The van der Waals surface area contributed by atoms with E-state index in [0.717, 1.165) is 0 Å². The van der Waals surface area contributed by atoms with E-state index in [9.17, 15) is 4.79 Å². The van der Waals surface area contributed by atoms with Crippen LogP contribution in [0.25, 0.3) is 0 Å². The van der Waals surface area contributed by atoms with Gasteiger partial charge in [0.05, 0.1) is 12.6 Å². The maximum atomic E-state index is 11.8. The number of carbonyl (C=O) groups excluding carboxylic acids is 1. The highest BCUT2D eigenvalue weighted by atomic mass is 16.5. The van der Waals surface area contributed by atoms with Crippen molar-refractivity contribution in [2.45, 2.75) is 39.2 Å². The van der Waals surface area contributed by atoms with Gasteiger partial charge < -0.3 is 14.5 Å². The van der Waals surface area contributed by atoms with Gasteiger partial charge in [0.15, 0.2) is 5.82 Å². The maximum absolute atomic E-state index is 11.8. The van der Waals surface area contributed by atoms with Crippen LogP contribution in [-0.4, -0.2) is 40.9 Å². The fourth-order valence-electron chi connectivity index (χ4n) is 1.21. The number of nitrogens with zero attached hydrogens (tertiary/aromatic N) is 2. The van der Waals surface area contributed by atoms with Crippen molar-refractivity contribution in [2.75, 3.05) is 19.0 Å². The average Bonchev–Trinajstić information content (AvgIpc) is 2.75. The van der Waals surface area contributed by atoms with Crippen LogP contribution >= 0.6 is 0 Å². The molecule has 6 heteroatoms. The minimum atomic E-state index is -0.328. The lowest BCUT2D eigenvalue weighted by molar-refractivity contribution is 0.166. The van der Waals surface area contributed by atoms with Gasteiger partial charge in [-0.2, -0.15) is 0 Å². The summed E-state index contributed by atoms with van der Waals surface area (Å²) in [5, 5.41) is 15.4. The largest absolute Gasteiger partial charge is 0.394 e. The zero-order chi connectivity index (χ0) is 13.9. The van der Waals surface area contributed by atoms with Gasteiger partial charge in [-0.05, 0) is 6.92 Å². The Morgan fingerprint density at radius 3 is 2.67 bits per heavy atom. The lowest BCUT2D eigenvalue weighted by atomic mass is 9.93. The van der Waals surface area contributed by atoms with Gasteiger partial charge in [-0.25, -0.2) is 4.79 Å². The van der Waals surface area contributed by atoms with E-state index in [1.54, 1.807) is 20.0 Å². The Bertz CT molecular complexity index is 409. The molecule has 0 aliphatic rings. The minimum absolute atomic E-state index is 0.0873. The summed E-state index contributed by atoms with van der Waals surface area (Å²) in [6, 6.07) is 1.12. The van der Waals surface area contributed by atoms with Crippen molar-refractivity contribution in [1.82, 2.24) is 10.1 Å². The second-order valence-corrected chi connectivity index (χ2v) is 5.40. The first-order valence-corrected chi connectivity index (χ1v) is 5.87. The number of nitrogens with one attached hydrogen (secondary N) is 1. The molecule has 102 valence electrons. The van der Waals surface area contributed by atoms with Gasteiger partial charge in [0.1, 0.15) is 5.76 Å². The number of hydrogen-bond donors (Lipinski definition) is 2. The van der Waals surface area contributed by atoms with Gasteiger partial charge in [0.2, 0.25) is 0 Å². The number of aliphatic hydroxyl groups is 1. The summed E-state index contributed by atoms with van der Waals surface area (Å²) >= 11 is 0. The van der Waals surface area contributed by atoms with Crippen LogP contribution in [0.15, 0.2) is 10.6 Å². The number of urea groups is 1. The number of aliphatic hydroxyl groups excluding tert-OH is 1. The van der Waals surface area contributed by atoms with Gasteiger partial charge >= 0.3 is 6.03 Å². The number of hydrogen-bond acceptors (Lipinski definition) is 4. The number of amides is 2. The fourth-order valence-corrected chi connectivity index (χ4v) is 1.21. The lowest BCUT2D eigenvalue weighted by Crippen LogP contribution is -2.40. The average molecular weight is 255 g/mol. The van der Waals surface area contributed by atoms with Crippen LogP contribution in [0.3, 0.4) is 0 Å². The zero-order valence-electron chi connectivity index (χ0n) is 11.5. The molecule has 2 amide bonds. The smallest absolute Gasteiger partial charge is 0.323 e. The van der Waals surface area contributed by atoms with E-state index in [1.807, 2.05) is 20.8 Å². The molecule has 0 fully saturated rings. The van der Waals surface area contributed by atoms with Crippen LogP contribution in [0, 0.1) is 0 Å². The first-order valence-electron chi connectivity index (χ1n) is 5.87. The molecule has 0 spiro atoms. The van der Waals surface area contributed by atoms with E-state index in [-0.39, 0.29) is 24.1 Å². The Morgan fingerprint density at radius 2 is 2.22 bits per heavy atom. The van der Waals surface area contributed by atoms with Crippen LogP contribution in [0.4, 0.5) is 10.6 Å². The van der Waals surface area contributed by atoms with Gasteiger partial charge in [-0.3, -0.25) is 5.32 Å². The van der Waals surface area contributed by atoms with Gasteiger partial charge in [0, 0.05) is 18.5 Å². The molecule has 1 atom stereocenters. The van der Waals surface area contributed by atoms with Crippen LogP contribution in [-0.2, 0) is 5.41 Å². The summed E-state index contributed by atoms with van der Waals surface area (Å²) in [4.78, 5) is 13.2. The maximum Gasteiger partial charge on any atom is 0.323 e. The van der Waals surface area contributed by atoms with Crippen molar-refractivity contribution in [3.63, 3.8) is 0 Å². The van der Waals surface area contributed by atoms with E-state index in [1.165, 1.54) is 4.90 Å². The third-order valence-electron chi connectivity index (χ3n) is 2.73. The van der Waals surface area contributed by atoms with Crippen molar-refractivity contribution in [3.8, 4) is 0 Å². The number of rotatable bonds is 3. The van der Waals surface area contributed by atoms with Crippen molar-refractivity contribution < 1.29 is 14.4 Å². The molecule has 1 rings (SSSR count). The molecule has 6 nitrogen and oxygen atoms in total. The third kappa shape index (κ3) is 3.46. The molecule has 1 unspecified atom stereocenters. The molecular weight excluding hydrogens is 234 g/mol. The summed E-state index contributed by atoms with van der Waals surface area (Å²) in [6.45, 7) is 7.66. The first kappa shape index (κ1) is 14.5. The number of aromatic nitrogens is 1. The van der Waals surface area contributed by atoms with E-state index < -0.39 is 0 Å². The van der Waals surface area contributed by atoms with E-state index >= 15 is 0 Å². The van der Waals surface area contributed by atoms with Crippen LogP contribution in [0.1, 0.15) is 33.5 Å². The van der Waals surface area contributed by atoms with Crippen molar-refractivity contribution in [2.24, 2.45) is 0 Å². The molecule has 0 radical (unpaired) electrons. The van der Waals surface area contributed by atoms with Crippen molar-refractivity contribution in [3.05, 3.63) is 11.8 Å². The number of likely N-dealkylation sites (N-methyl/N-ethyl adjacent to an activating group) is 1. The molecule has 0 bridgehead atoms.